The first-order chi connectivity index (χ1) is 20.3. The van der Waals surface area contributed by atoms with E-state index < -0.39 is 17.3 Å². The third-order valence-corrected chi connectivity index (χ3v) is 9.49. The second-order valence-corrected chi connectivity index (χ2v) is 11.8. The molecule has 2 bridgehead atoms. The van der Waals surface area contributed by atoms with E-state index in [1.54, 1.807) is 30.5 Å². The number of benzene rings is 4. The van der Waals surface area contributed by atoms with E-state index in [4.69, 9.17) is 11.6 Å². The number of carbonyl (C=O) groups excluding carboxylic acids is 3. The molecule has 2 atom stereocenters. The lowest BCUT2D eigenvalue weighted by Crippen LogP contribution is -2.54. The van der Waals surface area contributed by atoms with Gasteiger partial charge in [-0.25, -0.2) is 10.3 Å². The van der Waals surface area contributed by atoms with E-state index in [2.05, 4.69) is 10.5 Å². The number of para-hydroxylation sites is 1. The van der Waals surface area contributed by atoms with Crippen molar-refractivity contribution in [1.82, 2.24) is 5.43 Å². The van der Waals surface area contributed by atoms with Crippen molar-refractivity contribution < 1.29 is 14.4 Å². The van der Waals surface area contributed by atoms with Crippen LogP contribution in [0.25, 0.3) is 0 Å². The number of nitrogens with zero attached hydrogens (tertiary/aromatic N) is 2. The van der Waals surface area contributed by atoms with Crippen LogP contribution in [0.3, 0.4) is 0 Å². The Kier molecular flexibility index (Phi) is 6.13. The van der Waals surface area contributed by atoms with Crippen molar-refractivity contribution in [3.05, 3.63) is 135 Å². The third kappa shape index (κ3) is 3.71. The van der Waals surface area contributed by atoms with Crippen LogP contribution in [0.4, 0.5) is 5.69 Å². The van der Waals surface area contributed by atoms with Gasteiger partial charge in [0.05, 0.1) is 34.4 Å². The van der Waals surface area contributed by atoms with Crippen molar-refractivity contribution in [2.45, 2.75) is 31.6 Å². The first-order valence-electron chi connectivity index (χ1n) is 14.0. The molecular weight excluding hydrogens is 546 g/mol. The number of halogens is 1. The number of aryl methyl sites for hydroxylation is 2. The van der Waals surface area contributed by atoms with Crippen LogP contribution in [-0.4, -0.2) is 23.9 Å². The molecule has 1 fully saturated rings. The fourth-order valence-corrected chi connectivity index (χ4v) is 7.49. The number of hydrazone groups is 1. The summed E-state index contributed by atoms with van der Waals surface area (Å²) >= 11 is 6.52. The molecule has 3 aliphatic carbocycles. The molecule has 6 nitrogen and oxygen atoms in total. The molecule has 7 heteroatoms. The van der Waals surface area contributed by atoms with Crippen LogP contribution in [0.2, 0.25) is 5.02 Å². The fraction of sp³-hybridized carbons (Fsp3) is 0.200. The number of amides is 3. The zero-order chi connectivity index (χ0) is 29.2. The highest BCUT2D eigenvalue weighted by molar-refractivity contribution is 6.36. The average molecular weight is 574 g/mol. The summed E-state index contributed by atoms with van der Waals surface area (Å²) in [5.41, 5.74) is 9.03. The van der Waals surface area contributed by atoms with E-state index in [9.17, 15) is 14.4 Å². The maximum atomic E-state index is 14.4. The lowest BCUT2D eigenvalue weighted by atomic mass is 9.47. The molecule has 1 heterocycles. The van der Waals surface area contributed by atoms with Crippen molar-refractivity contribution in [3.63, 3.8) is 0 Å². The van der Waals surface area contributed by atoms with Gasteiger partial charge in [0.1, 0.15) is 0 Å². The summed E-state index contributed by atoms with van der Waals surface area (Å²) in [5, 5.41) is 4.83. The molecule has 0 saturated carbocycles. The van der Waals surface area contributed by atoms with Crippen molar-refractivity contribution in [3.8, 4) is 0 Å². The molecule has 4 aromatic rings. The van der Waals surface area contributed by atoms with E-state index >= 15 is 0 Å². The van der Waals surface area contributed by atoms with Crippen LogP contribution in [-0.2, 0) is 26.2 Å². The van der Waals surface area contributed by atoms with Gasteiger partial charge in [-0.2, -0.15) is 5.10 Å². The summed E-state index contributed by atoms with van der Waals surface area (Å²) in [7, 11) is 0. The van der Waals surface area contributed by atoms with Crippen molar-refractivity contribution in [2.24, 2.45) is 16.9 Å². The number of carbonyl (C=O) groups is 3. The lowest BCUT2D eigenvalue weighted by molar-refractivity contribution is -0.123. The first kappa shape index (κ1) is 26.4. The summed E-state index contributed by atoms with van der Waals surface area (Å²) < 4.78 is 0. The molecule has 3 amide bonds. The van der Waals surface area contributed by atoms with Crippen LogP contribution in [0.5, 0.6) is 0 Å². The largest absolute Gasteiger partial charge is 0.274 e. The van der Waals surface area contributed by atoms with Gasteiger partial charge in [-0.05, 0) is 64.9 Å². The normalized spacial score (nSPS) is 23.6. The van der Waals surface area contributed by atoms with E-state index in [1.807, 2.05) is 80.6 Å². The van der Waals surface area contributed by atoms with Gasteiger partial charge < -0.3 is 0 Å². The van der Waals surface area contributed by atoms with Crippen LogP contribution in [0, 0.1) is 25.7 Å². The smallest absolute Gasteiger partial charge is 0.244 e. The highest BCUT2D eigenvalue weighted by Gasteiger charge is 2.68. The van der Waals surface area contributed by atoms with Gasteiger partial charge in [-0.1, -0.05) is 90.5 Å². The van der Waals surface area contributed by atoms with Crippen LogP contribution in [0.1, 0.15) is 44.9 Å². The van der Waals surface area contributed by atoms with Crippen LogP contribution in [0.15, 0.2) is 96.1 Å². The number of rotatable bonds is 5. The quantitative estimate of drug-likeness (QED) is 0.185. The second-order valence-electron chi connectivity index (χ2n) is 11.4. The maximum absolute atomic E-state index is 14.4. The number of hydrogen-bond donors (Lipinski definition) is 1. The van der Waals surface area contributed by atoms with Gasteiger partial charge in [0.25, 0.3) is 0 Å². The SMILES string of the molecule is Cc1ccc(CC(=O)N/N=C\C23c4ccccc4C(c4ccccc42)[C@H]2C(=O)N(c4ccccc4Cl)C(=O)[C@H]23)cc1C. The number of imide groups is 1. The second kappa shape index (κ2) is 9.78. The molecule has 4 aliphatic rings. The molecule has 1 N–H and O–H groups in total. The molecular formula is C35H28ClN3O3. The minimum atomic E-state index is -1.07. The zero-order valence-electron chi connectivity index (χ0n) is 23.2. The van der Waals surface area contributed by atoms with Crippen molar-refractivity contribution in [1.29, 1.82) is 0 Å². The van der Waals surface area contributed by atoms with Crippen LogP contribution >= 0.6 is 11.6 Å². The maximum Gasteiger partial charge on any atom is 0.244 e. The van der Waals surface area contributed by atoms with Gasteiger partial charge in [0.2, 0.25) is 17.7 Å². The number of hydrogen-bond acceptors (Lipinski definition) is 4. The van der Waals surface area contributed by atoms with Gasteiger partial charge in [-0.3, -0.25) is 14.4 Å². The Labute approximate surface area is 249 Å². The Morgan fingerprint density at radius 1 is 0.881 bits per heavy atom. The van der Waals surface area contributed by atoms with E-state index in [0.717, 1.165) is 38.9 Å². The van der Waals surface area contributed by atoms with E-state index in [1.165, 1.54) is 4.90 Å². The standard InChI is InChI=1S/C35H28ClN3O3/c1-20-15-16-22(17-21(20)2)18-29(40)38-37-19-35-25-11-5-3-9-23(25)30(24-10-4-6-12-26(24)35)31-32(35)34(42)39(33(31)41)28-14-8-7-13-27(28)36/h3-17,19,30-32H,18H2,1-2H3,(H,38,40)/b37-19-/t30?,31-,32+,35?/m1/s1. The average Bonchev–Trinajstić information content (AvgIpc) is 3.26. The fourth-order valence-electron chi connectivity index (χ4n) is 7.26. The molecule has 42 heavy (non-hydrogen) atoms. The Morgan fingerprint density at radius 2 is 1.52 bits per heavy atom. The Hall–Kier alpha value is -4.55. The van der Waals surface area contributed by atoms with E-state index in [0.29, 0.717) is 10.7 Å². The molecule has 0 spiro atoms. The van der Waals surface area contributed by atoms with E-state index in [-0.39, 0.29) is 30.1 Å². The predicted octanol–water partition coefficient (Wildman–Crippen LogP) is 5.85. The van der Waals surface area contributed by atoms with Gasteiger partial charge in [0.15, 0.2) is 0 Å². The van der Waals surface area contributed by atoms with Crippen LogP contribution < -0.4 is 10.3 Å². The molecule has 4 aromatic carbocycles. The van der Waals surface area contributed by atoms with Gasteiger partial charge in [-0.15, -0.1) is 0 Å². The minimum absolute atomic E-state index is 0.171. The zero-order valence-corrected chi connectivity index (χ0v) is 23.9. The molecule has 0 radical (unpaired) electrons. The Bertz CT molecular complexity index is 1780. The van der Waals surface area contributed by atoms with Gasteiger partial charge >= 0.3 is 0 Å². The van der Waals surface area contributed by atoms with Crippen molar-refractivity contribution >= 4 is 41.2 Å². The summed E-state index contributed by atoms with van der Waals surface area (Å²) in [6.45, 7) is 4.05. The monoisotopic (exact) mass is 573 g/mol. The lowest BCUT2D eigenvalue weighted by Gasteiger charge is -2.52. The number of nitrogens with one attached hydrogen (secondary N) is 1. The topological polar surface area (TPSA) is 78.8 Å². The first-order valence-corrected chi connectivity index (χ1v) is 14.4. The molecule has 1 saturated heterocycles. The third-order valence-electron chi connectivity index (χ3n) is 9.17. The summed E-state index contributed by atoms with van der Waals surface area (Å²) in [6.07, 6.45) is 1.85. The summed E-state index contributed by atoms with van der Waals surface area (Å²) in [4.78, 5) is 42.9. The molecule has 208 valence electrons. The summed E-state index contributed by atoms with van der Waals surface area (Å²) in [5.74, 6) is -2.54. The molecule has 0 aromatic heterocycles. The van der Waals surface area contributed by atoms with Crippen molar-refractivity contribution in [2.75, 3.05) is 4.90 Å². The highest BCUT2D eigenvalue weighted by atomic mass is 35.5. The number of anilines is 1. The molecule has 0 unspecified atom stereocenters. The molecule has 1 aliphatic heterocycles. The van der Waals surface area contributed by atoms with Gasteiger partial charge in [0, 0.05) is 12.1 Å². The Morgan fingerprint density at radius 3 is 2.19 bits per heavy atom. The minimum Gasteiger partial charge on any atom is -0.274 e. The highest BCUT2D eigenvalue weighted by Crippen LogP contribution is 2.63. The molecule has 8 rings (SSSR count). The summed E-state index contributed by atoms with van der Waals surface area (Å²) in [6, 6.07) is 28.7. The predicted molar refractivity (Wildman–Crippen MR) is 163 cm³/mol. The Balaban J connectivity index is 1.34.